The van der Waals surface area contributed by atoms with Crippen LogP contribution in [0.25, 0.3) is 0 Å². The van der Waals surface area contributed by atoms with Crippen molar-refractivity contribution in [2.24, 2.45) is 5.16 Å². The highest BCUT2D eigenvalue weighted by molar-refractivity contribution is 7.14. The molecule has 8 heteroatoms. The Bertz CT molecular complexity index is 430. The average molecular weight is 255 g/mol. The van der Waals surface area contributed by atoms with E-state index in [4.69, 9.17) is 10.6 Å². The van der Waals surface area contributed by atoms with Crippen LogP contribution in [0.5, 0.6) is 0 Å². The number of carbonyl (C=O) groups excluding carboxylic acids is 2. The first-order chi connectivity index (χ1) is 8.19. The number of nitrogens with one attached hydrogen (secondary N) is 2. The van der Waals surface area contributed by atoms with Gasteiger partial charge in [-0.15, -0.1) is 11.3 Å². The first kappa shape index (κ1) is 13.1. The van der Waals surface area contributed by atoms with Crippen LogP contribution in [0.2, 0.25) is 0 Å². The molecule has 0 fully saturated rings. The van der Waals surface area contributed by atoms with Gasteiger partial charge < -0.3 is 10.2 Å². The lowest BCUT2D eigenvalue weighted by Crippen LogP contribution is -2.17. The van der Waals surface area contributed by atoms with Gasteiger partial charge in [-0.3, -0.25) is 15.3 Å². The van der Waals surface area contributed by atoms with E-state index in [-0.39, 0.29) is 11.4 Å². The lowest BCUT2D eigenvalue weighted by atomic mass is 10.3. The van der Waals surface area contributed by atoms with E-state index >= 15 is 0 Å². The second-order valence-corrected chi connectivity index (χ2v) is 3.76. The van der Waals surface area contributed by atoms with Crippen LogP contribution >= 0.6 is 11.3 Å². The van der Waals surface area contributed by atoms with E-state index in [2.05, 4.69) is 15.5 Å². The third-order valence-electron chi connectivity index (χ3n) is 1.60. The molecule has 0 aliphatic carbocycles. The number of oxime groups is 1. The fourth-order valence-corrected chi connectivity index (χ4v) is 1.56. The van der Waals surface area contributed by atoms with Crippen molar-refractivity contribution in [1.82, 2.24) is 10.7 Å². The van der Waals surface area contributed by atoms with Crippen LogP contribution in [-0.4, -0.2) is 29.6 Å². The number of hydrogen-bond donors (Lipinski definition) is 1. The second kappa shape index (κ2) is 6.59. The fourth-order valence-electron chi connectivity index (χ4n) is 0.905. The van der Waals surface area contributed by atoms with E-state index in [0.717, 1.165) is 17.8 Å². The Morgan fingerprint density at radius 1 is 1.76 bits per heavy atom. The first-order valence-electron chi connectivity index (χ1n) is 4.81. The van der Waals surface area contributed by atoms with Crippen molar-refractivity contribution in [2.45, 2.75) is 13.3 Å². The number of hydrogen-bond acceptors (Lipinski definition) is 6. The predicted octanol–water partition coefficient (Wildman–Crippen LogP) is 0.652. The zero-order valence-electron chi connectivity index (χ0n) is 9.10. The standard InChI is InChI=1S/C9H11N4O3S/c1-2-3-16-13-7(8(10)15)6-4-17-9(12-6)11-5-14/h4-5,10H,2-3H2,1H3,(H,11,12,14). The molecule has 0 aliphatic rings. The molecule has 17 heavy (non-hydrogen) atoms. The summed E-state index contributed by atoms with van der Waals surface area (Å²) in [4.78, 5) is 30.0. The highest BCUT2D eigenvalue weighted by Gasteiger charge is 2.16. The zero-order valence-corrected chi connectivity index (χ0v) is 9.91. The number of nitrogens with zero attached hydrogens (tertiary/aromatic N) is 2. The van der Waals surface area contributed by atoms with Crippen LogP contribution in [0.4, 0.5) is 5.13 Å². The number of amides is 2. The molecule has 91 valence electrons. The van der Waals surface area contributed by atoms with Crippen LogP contribution in [0.1, 0.15) is 19.0 Å². The van der Waals surface area contributed by atoms with Gasteiger partial charge in [-0.2, -0.15) is 0 Å². The van der Waals surface area contributed by atoms with Gasteiger partial charge in [0.15, 0.2) is 10.8 Å². The zero-order chi connectivity index (χ0) is 12.7. The molecule has 0 saturated carbocycles. The molecule has 1 aromatic rings. The van der Waals surface area contributed by atoms with Gasteiger partial charge in [-0.25, -0.2) is 4.98 Å². The largest absolute Gasteiger partial charge is 0.395 e. The van der Waals surface area contributed by atoms with E-state index in [1.165, 1.54) is 5.38 Å². The SMILES string of the molecule is CCCON=C(C([NH])=O)c1csc(NC=O)n1. The van der Waals surface area contributed by atoms with E-state index < -0.39 is 5.91 Å². The van der Waals surface area contributed by atoms with E-state index in [0.29, 0.717) is 18.1 Å². The van der Waals surface area contributed by atoms with E-state index in [9.17, 15) is 9.59 Å². The Balaban J connectivity index is 2.85. The monoisotopic (exact) mass is 255 g/mol. The molecule has 1 heterocycles. The molecule has 0 aromatic carbocycles. The molecular weight excluding hydrogens is 244 g/mol. The Morgan fingerprint density at radius 2 is 2.53 bits per heavy atom. The summed E-state index contributed by atoms with van der Waals surface area (Å²) < 4.78 is 0. The lowest BCUT2D eigenvalue weighted by Gasteiger charge is -1.98. The van der Waals surface area contributed by atoms with Crippen molar-refractivity contribution in [1.29, 1.82) is 0 Å². The molecule has 0 bridgehead atoms. The predicted molar refractivity (Wildman–Crippen MR) is 62.7 cm³/mol. The van der Waals surface area contributed by atoms with Gasteiger partial charge in [-0.05, 0) is 6.42 Å². The highest BCUT2D eigenvalue weighted by atomic mass is 32.1. The summed E-state index contributed by atoms with van der Waals surface area (Å²) in [6.07, 6.45) is 1.23. The highest BCUT2D eigenvalue weighted by Crippen LogP contribution is 2.15. The minimum absolute atomic E-state index is 0.173. The van der Waals surface area contributed by atoms with Crippen molar-refractivity contribution in [3.05, 3.63) is 11.1 Å². The van der Waals surface area contributed by atoms with Crippen LogP contribution < -0.4 is 11.1 Å². The van der Waals surface area contributed by atoms with Gasteiger partial charge >= 0.3 is 0 Å². The van der Waals surface area contributed by atoms with Gasteiger partial charge in [0.1, 0.15) is 12.3 Å². The maximum absolute atomic E-state index is 11.0. The summed E-state index contributed by atoms with van der Waals surface area (Å²) in [6, 6.07) is 0. The van der Waals surface area contributed by atoms with Gasteiger partial charge in [0.25, 0.3) is 5.91 Å². The summed E-state index contributed by atoms with van der Waals surface area (Å²) in [6.45, 7) is 2.26. The summed E-state index contributed by atoms with van der Waals surface area (Å²) in [5.74, 6) is -0.982. The molecule has 2 N–H and O–H groups in total. The Morgan fingerprint density at radius 3 is 3.12 bits per heavy atom. The summed E-state index contributed by atoms with van der Waals surface area (Å²) >= 11 is 1.13. The molecule has 2 amide bonds. The van der Waals surface area contributed by atoms with Crippen LogP contribution in [0.3, 0.4) is 0 Å². The molecule has 1 radical (unpaired) electrons. The fraction of sp³-hybridized carbons (Fsp3) is 0.333. The molecular formula is C9H11N4O3S. The van der Waals surface area contributed by atoms with E-state index in [1.807, 2.05) is 6.92 Å². The van der Waals surface area contributed by atoms with Gasteiger partial charge in [0.2, 0.25) is 6.41 Å². The molecule has 1 rings (SSSR count). The smallest absolute Gasteiger partial charge is 0.294 e. The van der Waals surface area contributed by atoms with Crippen LogP contribution in [-0.2, 0) is 14.4 Å². The molecule has 0 saturated heterocycles. The molecule has 0 unspecified atom stereocenters. The maximum atomic E-state index is 11.0. The van der Waals surface area contributed by atoms with E-state index in [1.54, 1.807) is 0 Å². The van der Waals surface area contributed by atoms with Gasteiger partial charge in [-0.1, -0.05) is 12.1 Å². The van der Waals surface area contributed by atoms with Gasteiger partial charge in [0, 0.05) is 5.38 Å². The molecule has 7 nitrogen and oxygen atoms in total. The molecule has 0 spiro atoms. The number of carbonyl (C=O) groups is 2. The molecule has 1 aromatic heterocycles. The number of anilines is 1. The Labute approximate surface area is 102 Å². The van der Waals surface area contributed by atoms with Crippen molar-refractivity contribution in [2.75, 3.05) is 11.9 Å². The van der Waals surface area contributed by atoms with Crippen LogP contribution in [0, 0.1) is 0 Å². The van der Waals surface area contributed by atoms with Crippen LogP contribution in [0.15, 0.2) is 10.5 Å². The Kier molecular flexibility index (Phi) is 5.08. The second-order valence-electron chi connectivity index (χ2n) is 2.90. The minimum Gasteiger partial charge on any atom is -0.395 e. The molecule has 0 atom stereocenters. The lowest BCUT2D eigenvalue weighted by molar-refractivity contribution is -0.112. The Hall–Kier alpha value is -1.96. The molecule has 0 aliphatic heterocycles. The topological polar surface area (TPSA) is 104 Å². The summed E-state index contributed by atoms with van der Waals surface area (Å²) in [5.41, 5.74) is 7.09. The summed E-state index contributed by atoms with van der Waals surface area (Å²) in [7, 11) is 0. The first-order valence-corrected chi connectivity index (χ1v) is 5.69. The number of rotatable bonds is 7. The van der Waals surface area contributed by atoms with Crippen molar-refractivity contribution in [3.63, 3.8) is 0 Å². The number of thiazole rings is 1. The third kappa shape index (κ3) is 3.83. The quantitative estimate of drug-likeness (QED) is 0.334. The number of aromatic nitrogens is 1. The maximum Gasteiger partial charge on any atom is 0.294 e. The van der Waals surface area contributed by atoms with Crippen molar-refractivity contribution < 1.29 is 14.4 Å². The normalized spacial score (nSPS) is 11.0. The van der Waals surface area contributed by atoms with Crippen molar-refractivity contribution >= 4 is 34.5 Å². The summed E-state index contributed by atoms with van der Waals surface area (Å²) in [5, 5.41) is 7.76. The average Bonchev–Trinajstić information content (AvgIpc) is 2.73. The minimum atomic E-state index is -0.982. The van der Waals surface area contributed by atoms with Crippen molar-refractivity contribution in [3.8, 4) is 0 Å². The third-order valence-corrected chi connectivity index (χ3v) is 2.37. The van der Waals surface area contributed by atoms with Gasteiger partial charge in [0.05, 0.1) is 0 Å².